The number of rotatable bonds is 5. The van der Waals surface area contributed by atoms with Gasteiger partial charge in [0.15, 0.2) is 5.65 Å². The molecule has 0 bridgehead atoms. The average Bonchev–Trinajstić information content (AvgIpc) is 3.16. The fourth-order valence-electron chi connectivity index (χ4n) is 3.39. The summed E-state index contributed by atoms with van der Waals surface area (Å²) in [7, 11) is 0. The first-order valence-electron chi connectivity index (χ1n) is 9.86. The van der Waals surface area contributed by atoms with Gasteiger partial charge < -0.3 is 10.3 Å². The maximum absolute atomic E-state index is 12.5. The van der Waals surface area contributed by atoms with Crippen LogP contribution in [0.1, 0.15) is 21.5 Å². The standard InChI is InChI=1S/C24H19N5OS/c1-15-5-4-6-18(13-15)25-23(30)17-11-9-16(10-12-17)14-31-24-27-22-21(28-29-24)19-7-2-3-8-20(19)26-22/h2-13H,14H2,1H3,(H,25,30)(H,26,27,29). The number of carbonyl (C=O) groups is 1. The van der Waals surface area contributed by atoms with Gasteiger partial charge in [-0.3, -0.25) is 4.79 Å². The summed E-state index contributed by atoms with van der Waals surface area (Å²) in [5.41, 5.74) is 6.12. The van der Waals surface area contributed by atoms with Gasteiger partial charge in [-0.05, 0) is 48.4 Å². The predicted octanol–water partition coefficient (Wildman–Crippen LogP) is 5.36. The monoisotopic (exact) mass is 425 g/mol. The molecule has 2 heterocycles. The fraction of sp³-hybridized carbons (Fsp3) is 0.0833. The van der Waals surface area contributed by atoms with E-state index in [1.165, 1.54) is 11.8 Å². The van der Waals surface area contributed by atoms with Crippen LogP contribution in [0.25, 0.3) is 22.1 Å². The molecule has 6 nitrogen and oxygen atoms in total. The summed E-state index contributed by atoms with van der Waals surface area (Å²) < 4.78 is 0. The van der Waals surface area contributed by atoms with Gasteiger partial charge in [0, 0.05) is 27.9 Å². The molecule has 2 aromatic heterocycles. The van der Waals surface area contributed by atoms with Gasteiger partial charge in [0.2, 0.25) is 5.16 Å². The summed E-state index contributed by atoms with van der Waals surface area (Å²) in [6, 6.07) is 23.3. The van der Waals surface area contributed by atoms with Crippen LogP contribution in [0, 0.1) is 6.92 Å². The van der Waals surface area contributed by atoms with Crippen LogP contribution >= 0.6 is 11.8 Å². The largest absolute Gasteiger partial charge is 0.338 e. The molecule has 152 valence electrons. The Balaban J connectivity index is 1.25. The van der Waals surface area contributed by atoms with E-state index in [1.54, 1.807) is 0 Å². The van der Waals surface area contributed by atoms with Gasteiger partial charge in [0.1, 0.15) is 5.52 Å². The zero-order valence-corrected chi connectivity index (χ0v) is 17.6. The molecule has 2 N–H and O–H groups in total. The van der Waals surface area contributed by atoms with Crippen molar-refractivity contribution in [1.82, 2.24) is 20.2 Å². The van der Waals surface area contributed by atoms with E-state index in [-0.39, 0.29) is 5.91 Å². The highest BCUT2D eigenvalue weighted by molar-refractivity contribution is 7.98. The average molecular weight is 426 g/mol. The van der Waals surface area contributed by atoms with E-state index in [0.717, 1.165) is 38.9 Å². The van der Waals surface area contributed by atoms with Crippen molar-refractivity contribution in [1.29, 1.82) is 0 Å². The number of aromatic nitrogens is 4. The van der Waals surface area contributed by atoms with Crippen molar-refractivity contribution in [2.24, 2.45) is 0 Å². The Labute approximate surface area is 183 Å². The Hall–Kier alpha value is -3.71. The van der Waals surface area contributed by atoms with E-state index < -0.39 is 0 Å². The summed E-state index contributed by atoms with van der Waals surface area (Å²) in [6.07, 6.45) is 0. The van der Waals surface area contributed by atoms with E-state index in [2.05, 4.69) is 25.5 Å². The smallest absolute Gasteiger partial charge is 0.255 e. The second kappa shape index (κ2) is 8.20. The number of para-hydroxylation sites is 1. The number of nitrogens with one attached hydrogen (secondary N) is 2. The lowest BCUT2D eigenvalue weighted by Gasteiger charge is -2.07. The van der Waals surface area contributed by atoms with Crippen LogP contribution in [0.15, 0.2) is 78.0 Å². The molecule has 0 aliphatic heterocycles. The third kappa shape index (κ3) is 4.13. The third-order valence-electron chi connectivity index (χ3n) is 4.96. The first-order valence-corrected chi connectivity index (χ1v) is 10.9. The molecule has 0 saturated carbocycles. The van der Waals surface area contributed by atoms with Gasteiger partial charge >= 0.3 is 0 Å². The van der Waals surface area contributed by atoms with Gasteiger partial charge in [-0.15, -0.1) is 10.2 Å². The van der Waals surface area contributed by atoms with Crippen LogP contribution in [-0.2, 0) is 5.75 Å². The summed E-state index contributed by atoms with van der Waals surface area (Å²) in [6.45, 7) is 2.00. The molecule has 0 aliphatic rings. The molecule has 0 atom stereocenters. The molecule has 31 heavy (non-hydrogen) atoms. The van der Waals surface area contributed by atoms with Crippen LogP contribution in [0.3, 0.4) is 0 Å². The normalized spacial score (nSPS) is 11.1. The lowest BCUT2D eigenvalue weighted by Crippen LogP contribution is -2.11. The Bertz CT molecular complexity index is 1390. The van der Waals surface area contributed by atoms with Crippen molar-refractivity contribution < 1.29 is 4.79 Å². The Morgan fingerprint density at radius 1 is 1.00 bits per heavy atom. The van der Waals surface area contributed by atoms with Crippen molar-refractivity contribution >= 4 is 45.4 Å². The Kier molecular flexibility index (Phi) is 5.09. The van der Waals surface area contributed by atoms with E-state index in [9.17, 15) is 4.79 Å². The van der Waals surface area contributed by atoms with Crippen molar-refractivity contribution in [3.05, 3.63) is 89.5 Å². The minimum absolute atomic E-state index is 0.124. The number of benzene rings is 3. The lowest BCUT2D eigenvalue weighted by atomic mass is 10.1. The molecule has 0 radical (unpaired) electrons. The summed E-state index contributed by atoms with van der Waals surface area (Å²) >= 11 is 1.51. The van der Waals surface area contributed by atoms with Crippen LogP contribution in [0.5, 0.6) is 0 Å². The van der Waals surface area contributed by atoms with Gasteiger partial charge in [-0.1, -0.05) is 54.2 Å². The Morgan fingerprint density at radius 2 is 1.84 bits per heavy atom. The number of amides is 1. The zero-order valence-electron chi connectivity index (χ0n) is 16.8. The van der Waals surface area contributed by atoms with Crippen LogP contribution in [0.4, 0.5) is 5.69 Å². The van der Waals surface area contributed by atoms with Gasteiger partial charge in [-0.25, -0.2) is 4.98 Å². The lowest BCUT2D eigenvalue weighted by molar-refractivity contribution is 0.102. The number of hydrogen-bond acceptors (Lipinski definition) is 5. The van der Waals surface area contributed by atoms with Crippen LogP contribution in [-0.4, -0.2) is 26.1 Å². The Morgan fingerprint density at radius 3 is 2.68 bits per heavy atom. The second-order valence-electron chi connectivity index (χ2n) is 7.27. The molecular formula is C24H19N5OS. The molecule has 3 aromatic carbocycles. The van der Waals surface area contributed by atoms with E-state index in [4.69, 9.17) is 0 Å². The number of H-pyrrole nitrogens is 1. The molecule has 0 saturated heterocycles. The highest BCUT2D eigenvalue weighted by Crippen LogP contribution is 2.25. The van der Waals surface area contributed by atoms with Gasteiger partial charge in [-0.2, -0.15) is 0 Å². The van der Waals surface area contributed by atoms with E-state index in [1.807, 2.05) is 79.7 Å². The van der Waals surface area contributed by atoms with E-state index in [0.29, 0.717) is 16.5 Å². The van der Waals surface area contributed by atoms with Gasteiger partial charge in [0.05, 0.1) is 0 Å². The summed E-state index contributed by atoms with van der Waals surface area (Å²) in [4.78, 5) is 20.4. The number of anilines is 1. The van der Waals surface area contributed by atoms with Crippen molar-refractivity contribution in [3.63, 3.8) is 0 Å². The zero-order chi connectivity index (χ0) is 21.2. The van der Waals surface area contributed by atoms with E-state index >= 15 is 0 Å². The number of thioether (sulfide) groups is 1. The number of hydrogen-bond donors (Lipinski definition) is 2. The number of aryl methyl sites for hydroxylation is 1. The number of nitrogens with zero attached hydrogens (tertiary/aromatic N) is 3. The number of carbonyl (C=O) groups excluding carboxylic acids is 1. The van der Waals surface area contributed by atoms with Crippen LogP contribution < -0.4 is 5.32 Å². The molecule has 5 rings (SSSR count). The quantitative estimate of drug-likeness (QED) is 0.370. The topological polar surface area (TPSA) is 83.6 Å². The molecule has 0 unspecified atom stereocenters. The molecule has 7 heteroatoms. The minimum Gasteiger partial charge on any atom is -0.338 e. The minimum atomic E-state index is -0.124. The molecule has 0 spiro atoms. The molecule has 1 amide bonds. The van der Waals surface area contributed by atoms with Crippen molar-refractivity contribution in [2.75, 3.05) is 5.32 Å². The second-order valence-corrected chi connectivity index (χ2v) is 8.21. The first-order chi connectivity index (χ1) is 15.2. The highest BCUT2D eigenvalue weighted by Gasteiger charge is 2.10. The first kappa shape index (κ1) is 19.3. The maximum atomic E-state index is 12.5. The van der Waals surface area contributed by atoms with Crippen molar-refractivity contribution in [3.8, 4) is 0 Å². The van der Waals surface area contributed by atoms with Crippen LogP contribution in [0.2, 0.25) is 0 Å². The third-order valence-corrected chi connectivity index (χ3v) is 5.87. The molecular weight excluding hydrogens is 406 g/mol. The van der Waals surface area contributed by atoms with Gasteiger partial charge in [0.25, 0.3) is 5.91 Å². The summed E-state index contributed by atoms with van der Waals surface area (Å²) in [5, 5.41) is 13.2. The maximum Gasteiger partial charge on any atom is 0.255 e. The number of aromatic amines is 1. The molecule has 0 fully saturated rings. The predicted molar refractivity (Wildman–Crippen MR) is 124 cm³/mol. The molecule has 0 aliphatic carbocycles. The molecule has 5 aromatic rings. The fourth-order valence-corrected chi connectivity index (χ4v) is 4.14. The summed E-state index contributed by atoms with van der Waals surface area (Å²) in [5.74, 6) is 0.564. The SMILES string of the molecule is Cc1cccc(NC(=O)c2ccc(CSc3nnc4c(n3)[nH]c3ccccc34)cc2)c1. The highest BCUT2D eigenvalue weighted by atomic mass is 32.2. The number of fused-ring (bicyclic) bond motifs is 3. The van der Waals surface area contributed by atoms with Crippen molar-refractivity contribution in [2.45, 2.75) is 17.8 Å².